The molecule has 2 atom stereocenters. The number of nitrogens with one attached hydrogen (secondary N) is 1. The lowest BCUT2D eigenvalue weighted by atomic mass is 9.69. The Morgan fingerprint density at radius 2 is 2.10 bits per heavy atom. The maximum absolute atomic E-state index is 12.1. The van der Waals surface area contributed by atoms with Crippen LogP contribution < -0.4 is 5.32 Å². The van der Waals surface area contributed by atoms with Crippen molar-refractivity contribution in [2.24, 2.45) is 5.41 Å². The molecule has 118 valence electrons. The zero-order valence-electron chi connectivity index (χ0n) is 13.7. The maximum Gasteiger partial charge on any atom is 0.407 e. The van der Waals surface area contributed by atoms with Gasteiger partial charge in [-0.05, 0) is 40.0 Å². The molecule has 0 bridgehead atoms. The Balaban J connectivity index is 2.08. The average molecular weight is 293 g/mol. The molecule has 0 aliphatic heterocycles. The summed E-state index contributed by atoms with van der Waals surface area (Å²) < 4.78 is 7.55. The van der Waals surface area contributed by atoms with Crippen LogP contribution in [-0.2, 0) is 4.74 Å². The minimum absolute atomic E-state index is 0.0458. The van der Waals surface area contributed by atoms with E-state index in [1.54, 1.807) is 6.20 Å². The van der Waals surface area contributed by atoms with E-state index in [1.165, 1.54) is 0 Å². The van der Waals surface area contributed by atoms with Gasteiger partial charge in [0.25, 0.3) is 0 Å². The minimum Gasteiger partial charge on any atom is -0.444 e. The van der Waals surface area contributed by atoms with E-state index in [9.17, 15) is 4.79 Å². The van der Waals surface area contributed by atoms with Gasteiger partial charge in [0, 0.05) is 29.9 Å². The van der Waals surface area contributed by atoms with E-state index < -0.39 is 5.60 Å². The molecule has 0 spiro atoms. The molecule has 5 nitrogen and oxygen atoms in total. The molecule has 1 N–H and O–H groups in total. The number of amides is 1. The first-order chi connectivity index (χ1) is 9.70. The maximum atomic E-state index is 12.1. The highest BCUT2D eigenvalue weighted by atomic mass is 16.6. The number of carbonyl (C=O) groups is 1. The van der Waals surface area contributed by atoms with Crippen LogP contribution in [0.1, 0.15) is 59.9 Å². The van der Waals surface area contributed by atoms with Crippen LogP contribution in [0.4, 0.5) is 4.79 Å². The van der Waals surface area contributed by atoms with E-state index in [4.69, 9.17) is 4.74 Å². The lowest BCUT2D eigenvalue weighted by Crippen LogP contribution is -2.52. The van der Waals surface area contributed by atoms with Crippen molar-refractivity contribution in [1.82, 2.24) is 14.9 Å². The van der Waals surface area contributed by atoms with Crippen LogP contribution in [0.15, 0.2) is 18.7 Å². The van der Waals surface area contributed by atoms with Gasteiger partial charge in [-0.25, -0.2) is 9.78 Å². The molecule has 21 heavy (non-hydrogen) atoms. The van der Waals surface area contributed by atoms with Crippen molar-refractivity contribution in [1.29, 1.82) is 0 Å². The Bertz CT molecular complexity index is 474. The number of imidazole rings is 1. The summed E-state index contributed by atoms with van der Waals surface area (Å²) in [5, 5.41) is 3.06. The number of carbonyl (C=O) groups excluding carboxylic acids is 1. The summed E-state index contributed by atoms with van der Waals surface area (Å²) in [6.45, 7) is 10.1. The third-order valence-corrected chi connectivity index (χ3v) is 4.30. The largest absolute Gasteiger partial charge is 0.444 e. The van der Waals surface area contributed by atoms with E-state index in [2.05, 4.69) is 28.7 Å². The Morgan fingerprint density at radius 1 is 1.38 bits per heavy atom. The first-order valence-corrected chi connectivity index (χ1v) is 7.67. The predicted octanol–water partition coefficient (Wildman–Crippen LogP) is 3.53. The highest BCUT2D eigenvalue weighted by Gasteiger charge is 2.42. The number of aromatic nitrogens is 2. The quantitative estimate of drug-likeness (QED) is 0.907. The number of rotatable bonds is 2. The molecule has 0 radical (unpaired) electrons. The number of hydrogen-bond donors (Lipinski definition) is 1. The molecule has 1 aromatic heterocycles. The molecule has 1 aliphatic carbocycles. The van der Waals surface area contributed by atoms with Crippen LogP contribution >= 0.6 is 0 Å². The van der Waals surface area contributed by atoms with Crippen LogP contribution in [0.2, 0.25) is 0 Å². The van der Waals surface area contributed by atoms with Gasteiger partial charge in [-0.15, -0.1) is 0 Å². The van der Waals surface area contributed by atoms with E-state index in [0.717, 1.165) is 19.3 Å². The lowest BCUT2D eigenvalue weighted by molar-refractivity contribution is 0.0343. The summed E-state index contributed by atoms with van der Waals surface area (Å²) in [5.74, 6) is 0. The summed E-state index contributed by atoms with van der Waals surface area (Å²) in [5.41, 5.74) is -0.511. The zero-order valence-corrected chi connectivity index (χ0v) is 13.7. The molecule has 1 heterocycles. The summed E-state index contributed by atoms with van der Waals surface area (Å²) in [6, 6.07) is 0.446. The third-order valence-electron chi connectivity index (χ3n) is 4.30. The van der Waals surface area contributed by atoms with Crippen molar-refractivity contribution < 1.29 is 9.53 Å². The Morgan fingerprint density at radius 3 is 2.67 bits per heavy atom. The van der Waals surface area contributed by atoms with Crippen molar-refractivity contribution in [3.8, 4) is 0 Å². The molecule has 2 unspecified atom stereocenters. The van der Waals surface area contributed by atoms with Gasteiger partial charge in [-0.1, -0.05) is 13.8 Å². The second-order valence-electron chi connectivity index (χ2n) is 7.48. The number of nitrogens with zero attached hydrogens (tertiary/aromatic N) is 2. The SMILES string of the molecule is CC(C)(C)OC(=O)NC1CCCC(n2ccnc2)C1(C)C. The van der Waals surface area contributed by atoms with Crippen molar-refractivity contribution in [2.45, 2.75) is 71.6 Å². The minimum atomic E-state index is -0.466. The number of hydrogen-bond acceptors (Lipinski definition) is 3. The fourth-order valence-corrected chi connectivity index (χ4v) is 3.19. The van der Waals surface area contributed by atoms with Crippen molar-refractivity contribution in [3.05, 3.63) is 18.7 Å². The Hall–Kier alpha value is -1.52. The molecule has 2 rings (SSSR count). The molecule has 1 saturated carbocycles. The van der Waals surface area contributed by atoms with E-state index in [0.29, 0.717) is 6.04 Å². The number of ether oxygens (including phenoxy) is 1. The van der Waals surface area contributed by atoms with Gasteiger partial charge in [-0.2, -0.15) is 0 Å². The second-order valence-corrected chi connectivity index (χ2v) is 7.48. The summed E-state index contributed by atoms with van der Waals surface area (Å²) in [6.07, 6.45) is 8.53. The Kier molecular flexibility index (Phi) is 4.30. The van der Waals surface area contributed by atoms with Crippen LogP contribution in [0, 0.1) is 5.41 Å². The van der Waals surface area contributed by atoms with Crippen LogP contribution in [0.5, 0.6) is 0 Å². The van der Waals surface area contributed by atoms with Crippen LogP contribution in [0.25, 0.3) is 0 Å². The molecule has 0 aromatic carbocycles. The summed E-state index contributed by atoms with van der Waals surface area (Å²) in [7, 11) is 0. The smallest absolute Gasteiger partial charge is 0.407 e. The standard InChI is InChI=1S/C16H27N3O2/c1-15(2,3)21-14(20)18-12-7-6-8-13(16(12,4)5)19-10-9-17-11-19/h9-13H,6-8H2,1-5H3,(H,18,20). The highest BCUT2D eigenvalue weighted by Crippen LogP contribution is 2.43. The second kappa shape index (κ2) is 5.70. The van der Waals surface area contributed by atoms with Crippen molar-refractivity contribution in [2.75, 3.05) is 0 Å². The molecule has 0 saturated heterocycles. The van der Waals surface area contributed by atoms with Crippen LogP contribution in [-0.4, -0.2) is 27.3 Å². The van der Waals surface area contributed by atoms with Gasteiger partial charge >= 0.3 is 6.09 Å². The first-order valence-electron chi connectivity index (χ1n) is 7.67. The van der Waals surface area contributed by atoms with Crippen LogP contribution in [0.3, 0.4) is 0 Å². The van der Waals surface area contributed by atoms with E-state index in [1.807, 2.05) is 33.3 Å². The third kappa shape index (κ3) is 3.77. The normalized spacial score (nSPS) is 25.4. The van der Waals surface area contributed by atoms with Gasteiger partial charge in [0.2, 0.25) is 0 Å². The van der Waals surface area contributed by atoms with Crippen molar-refractivity contribution >= 4 is 6.09 Å². The zero-order chi connectivity index (χ0) is 15.7. The topological polar surface area (TPSA) is 56.1 Å². The first kappa shape index (κ1) is 15.9. The molecule has 1 fully saturated rings. The van der Waals surface area contributed by atoms with Gasteiger partial charge in [0.1, 0.15) is 5.60 Å². The van der Waals surface area contributed by atoms with Gasteiger partial charge in [0.15, 0.2) is 0 Å². The highest BCUT2D eigenvalue weighted by molar-refractivity contribution is 5.68. The average Bonchev–Trinajstić information content (AvgIpc) is 2.82. The molecular formula is C16H27N3O2. The molecule has 5 heteroatoms. The van der Waals surface area contributed by atoms with Gasteiger partial charge in [-0.3, -0.25) is 0 Å². The summed E-state index contributed by atoms with van der Waals surface area (Å²) in [4.78, 5) is 16.2. The van der Waals surface area contributed by atoms with Crippen molar-refractivity contribution in [3.63, 3.8) is 0 Å². The monoisotopic (exact) mass is 293 g/mol. The predicted molar refractivity (Wildman–Crippen MR) is 82.1 cm³/mol. The summed E-state index contributed by atoms with van der Waals surface area (Å²) >= 11 is 0. The van der Waals surface area contributed by atoms with E-state index >= 15 is 0 Å². The lowest BCUT2D eigenvalue weighted by Gasteiger charge is -2.45. The molecule has 1 amide bonds. The molecule has 1 aromatic rings. The fourth-order valence-electron chi connectivity index (χ4n) is 3.19. The number of alkyl carbamates (subject to hydrolysis) is 1. The molecule has 1 aliphatic rings. The van der Waals surface area contributed by atoms with Gasteiger partial charge < -0.3 is 14.6 Å². The van der Waals surface area contributed by atoms with E-state index in [-0.39, 0.29) is 17.6 Å². The Labute approximate surface area is 127 Å². The van der Waals surface area contributed by atoms with Gasteiger partial charge in [0.05, 0.1) is 6.33 Å². The molecular weight excluding hydrogens is 266 g/mol. The fraction of sp³-hybridized carbons (Fsp3) is 0.750.